The molecule has 0 saturated heterocycles. The highest BCUT2D eigenvalue weighted by molar-refractivity contribution is 5.77. The van der Waals surface area contributed by atoms with E-state index in [0.29, 0.717) is 0 Å². The smallest absolute Gasteiger partial charge is 0.332 e. The predicted molar refractivity (Wildman–Crippen MR) is 50.7 cm³/mol. The monoisotopic (exact) mass is 212 g/mol. The van der Waals surface area contributed by atoms with Gasteiger partial charge in [0.05, 0.1) is 6.54 Å². The molecule has 0 rings (SSSR count). The van der Waals surface area contributed by atoms with E-state index in [1.807, 2.05) is 0 Å². The van der Waals surface area contributed by atoms with Crippen molar-refractivity contribution in [3.8, 4) is 0 Å². The summed E-state index contributed by atoms with van der Waals surface area (Å²) in [5.41, 5.74) is 0. The molecule has 0 fully saturated rings. The minimum Gasteiger partial charge on any atom is -0.462 e. The quantitative estimate of drug-likeness (QED) is 0.273. The molecular weight excluding hydrogens is 200 g/mol. The first-order valence-electron chi connectivity index (χ1n) is 4.40. The molecule has 0 aromatic rings. The second-order valence-corrected chi connectivity index (χ2v) is 3.05. The maximum atomic E-state index is 11.3. The lowest BCUT2D eigenvalue weighted by Crippen LogP contribution is -2.27. The molecule has 0 aliphatic heterocycles. The summed E-state index contributed by atoms with van der Waals surface area (Å²) in [5, 5.41) is 0. The number of ether oxygens (including phenoxy) is 1. The van der Waals surface area contributed by atoms with E-state index in [0.717, 1.165) is 0 Å². The van der Waals surface area contributed by atoms with Crippen molar-refractivity contribution in [2.45, 2.75) is 19.9 Å². The van der Waals surface area contributed by atoms with Crippen molar-refractivity contribution in [3.63, 3.8) is 0 Å². The van der Waals surface area contributed by atoms with Crippen LogP contribution in [0.15, 0.2) is 9.98 Å². The van der Waals surface area contributed by atoms with Crippen LogP contribution in [-0.2, 0) is 19.1 Å². The lowest BCUT2D eigenvalue weighted by molar-refractivity contribution is -0.145. The van der Waals surface area contributed by atoms with Crippen LogP contribution in [0.1, 0.15) is 13.8 Å². The van der Waals surface area contributed by atoms with Crippen LogP contribution in [0.25, 0.3) is 0 Å². The summed E-state index contributed by atoms with van der Waals surface area (Å²) in [7, 11) is 0. The zero-order chi connectivity index (χ0) is 11.7. The second kappa shape index (κ2) is 7.62. The molecule has 1 unspecified atom stereocenters. The third-order valence-electron chi connectivity index (χ3n) is 1.58. The first-order valence-corrected chi connectivity index (χ1v) is 4.40. The number of nitrogens with zero attached hydrogens (tertiary/aromatic N) is 2. The zero-order valence-electron chi connectivity index (χ0n) is 8.60. The van der Waals surface area contributed by atoms with Gasteiger partial charge in [-0.25, -0.2) is 19.4 Å². The Morgan fingerprint density at radius 2 is 2.00 bits per heavy atom. The molecule has 0 aromatic heterocycles. The van der Waals surface area contributed by atoms with Crippen molar-refractivity contribution < 1.29 is 19.1 Å². The third kappa shape index (κ3) is 5.52. The first-order chi connectivity index (χ1) is 7.13. The molecule has 0 aliphatic carbocycles. The Balaban J connectivity index is 4.14. The normalized spacial score (nSPS) is 11.1. The van der Waals surface area contributed by atoms with Gasteiger partial charge in [-0.15, -0.1) is 0 Å². The van der Waals surface area contributed by atoms with Crippen LogP contribution in [0.2, 0.25) is 0 Å². The van der Waals surface area contributed by atoms with Crippen molar-refractivity contribution in [1.29, 1.82) is 0 Å². The fraction of sp³-hybridized carbons (Fsp3) is 0.667. The van der Waals surface area contributed by atoms with Crippen LogP contribution in [0, 0.1) is 5.92 Å². The van der Waals surface area contributed by atoms with E-state index < -0.39 is 12.0 Å². The van der Waals surface area contributed by atoms with E-state index in [4.69, 9.17) is 4.74 Å². The fourth-order valence-corrected chi connectivity index (χ4v) is 0.854. The molecule has 1 atom stereocenters. The van der Waals surface area contributed by atoms with Crippen molar-refractivity contribution in [3.05, 3.63) is 0 Å². The second-order valence-electron chi connectivity index (χ2n) is 3.05. The van der Waals surface area contributed by atoms with Crippen molar-refractivity contribution in [1.82, 2.24) is 0 Å². The predicted octanol–water partition coefficient (Wildman–Crippen LogP) is 0.226. The van der Waals surface area contributed by atoms with Gasteiger partial charge in [0.1, 0.15) is 6.61 Å². The molecule has 0 heterocycles. The van der Waals surface area contributed by atoms with Gasteiger partial charge in [-0.05, 0) is 5.92 Å². The molecule has 82 valence electrons. The number of aliphatic imine (C=N–C) groups is 2. The molecule has 0 radical (unpaired) electrons. The van der Waals surface area contributed by atoms with Gasteiger partial charge in [0.2, 0.25) is 12.2 Å². The molecule has 0 spiro atoms. The van der Waals surface area contributed by atoms with Crippen LogP contribution in [-0.4, -0.2) is 37.3 Å². The number of rotatable bonds is 6. The number of hydrogen-bond donors (Lipinski definition) is 0. The number of isocyanates is 2. The van der Waals surface area contributed by atoms with Crippen molar-refractivity contribution in [2.75, 3.05) is 13.2 Å². The Morgan fingerprint density at radius 3 is 2.47 bits per heavy atom. The highest BCUT2D eigenvalue weighted by Gasteiger charge is 2.22. The minimum absolute atomic E-state index is 0.0222. The maximum Gasteiger partial charge on any atom is 0.332 e. The highest BCUT2D eigenvalue weighted by Crippen LogP contribution is 2.07. The molecule has 6 heteroatoms. The molecule has 0 bridgehead atoms. The average molecular weight is 212 g/mol. The molecule has 15 heavy (non-hydrogen) atoms. The molecule has 6 nitrogen and oxygen atoms in total. The summed E-state index contributed by atoms with van der Waals surface area (Å²) in [6.07, 6.45) is 2.64. The SMILES string of the molecule is CC(C)C(N=C=O)C(=O)OCCN=C=O. The van der Waals surface area contributed by atoms with E-state index >= 15 is 0 Å². The Morgan fingerprint density at radius 1 is 1.33 bits per heavy atom. The van der Waals surface area contributed by atoms with Gasteiger partial charge in [-0.2, -0.15) is 4.99 Å². The summed E-state index contributed by atoms with van der Waals surface area (Å²) in [6.45, 7) is 3.50. The Bertz CT molecular complexity index is 301. The standard InChI is InChI=1S/C9H12N2O4/c1-7(2)8(11-6-13)9(14)15-4-3-10-5-12/h7-8H,3-4H2,1-2H3. The van der Waals surface area contributed by atoms with Crippen molar-refractivity contribution >= 4 is 18.1 Å². The third-order valence-corrected chi connectivity index (χ3v) is 1.58. The Hall–Kier alpha value is -1.77. The molecule has 0 amide bonds. The number of esters is 1. The zero-order valence-corrected chi connectivity index (χ0v) is 8.60. The molecule has 0 aromatic carbocycles. The van der Waals surface area contributed by atoms with E-state index in [2.05, 4.69) is 9.98 Å². The molecule has 0 saturated carbocycles. The number of hydrogen-bond acceptors (Lipinski definition) is 6. The van der Waals surface area contributed by atoms with Gasteiger partial charge in [-0.1, -0.05) is 13.8 Å². The maximum absolute atomic E-state index is 11.3. The number of carbonyl (C=O) groups is 1. The van der Waals surface area contributed by atoms with E-state index in [9.17, 15) is 14.4 Å². The minimum atomic E-state index is -0.845. The lowest BCUT2D eigenvalue weighted by atomic mass is 10.1. The summed E-state index contributed by atoms with van der Waals surface area (Å²) in [5.74, 6) is -0.761. The molecule has 0 aliphatic rings. The van der Waals surface area contributed by atoms with Crippen LogP contribution in [0.4, 0.5) is 0 Å². The van der Waals surface area contributed by atoms with Crippen LogP contribution in [0.5, 0.6) is 0 Å². The van der Waals surface area contributed by atoms with E-state index in [-0.39, 0.29) is 19.1 Å². The van der Waals surface area contributed by atoms with Gasteiger partial charge in [-0.3, -0.25) is 0 Å². The van der Waals surface area contributed by atoms with Crippen LogP contribution < -0.4 is 0 Å². The summed E-state index contributed by atoms with van der Waals surface area (Å²) >= 11 is 0. The summed E-state index contributed by atoms with van der Waals surface area (Å²) < 4.78 is 4.74. The van der Waals surface area contributed by atoms with Gasteiger partial charge in [0.15, 0.2) is 6.04 Å². The van der Waals surface area contributed by atoms with Gasteiger partial charge >= 0.3 is 5.97 Å². The van der Waals surface area contributed by atoms with E-state index in [1.165, 1.54) is 12.2 Å². The van der Waals surface area contributed by atoms with Gasteiger partial charge < -0.3 is 4.74 Å². The Labute approximate surface area is 87.0 Å². The topological polar surface area (TPSA) is 85.2 Å². The van der Waals surface area contributed by atoms with Crippen LogP contribution in [0.3, 0.4) is 0 Å². The average Bonchev–Trinajstić information content (AvgIpc) is 2.20. The summed E-state index contributed by atoms with van der Waals surface area (Å²) in [4.78, 5) is 37.6. The molecular formula is C9H12N2O4. The Kier molecular flexibility index (Phi) is 6.72. The van der Waals surface area contributed by atoms with Gasteiger partial charge in [0.25, 0.3) is 0 Å². The highest BCUT2D eigenvalue weighted by atomic mass is 16.5. The summed E-state index contributed by atoms with van der Waals surface area (Å²) in [6, 6.07) is -0.845. The lowest BCUT2D eigenvalue weighted by Gasteiger charge is -2.12. The van der Waals surface area contributed by atoms with Gasteiger partial charge in [0, 0.05) is 0 Å². The van der Waals surface area contributed by atoms with Crippen molar-refractivity contribution in [2.24, 2.45) is 15.9 Å². The van der Waals surface area contributed by atoms with Crippen LogP contribution >= 0.6 is 0 Å². The largest absolute Gasteiger partial charge is 0.462 e. The molecule has 0 N–H and O–H groups in total. The fourth-order valence-electron chi connectivity index (χ4n) is 0.854. The van der Waals surface area contributed by atoms with E-state index in [1.54, 1.807) is 13.8 Å². The first kappa shape index (κ1) is 13.2. The number of carbonyl (C=O) groups excluding carboxylic acids is 3.